The van der Waals surface area contributed by atoms with Crippen LogP contribution in [0, 0.1) is 33.6 Å². The highest BCUT2D eigenvalue weighted by Gasteiger charge is 2.25. The van der Waals surface area contributed by atoms with Crippen molar-refractivity contribution in [3.05, 3.63) is 89.8 Å². The second-order valence-electron chi connectivity index (χ2n) is 7.73. The third-order valence-corrected chi connectivity index (χ3v) is 5.87. The number of nitrogens with two attached hydrogens (primary N) is 1. The van der Waals surface area contributed by atoms with E-state index < -0.39 is 0 Å². The fourth-order valence-electron chi connectivity index (χ4n) is 3.83. The summed E-state index contributed by atoms with van der Waals surface area (Å²) >= 11 is 0.209. The number of hydrogen-bond donors (Lipinski definition) is 4. The average Bonchev–Trinajstić information content (AvgIpc) is 3.39. The molecule has 3 aromatic rings. The van der Waals surface area contributed by atoms with E-state index in [4.69, 9.17) is 0 Å². The van der Waals surface area contributed by atoms with Gasteiger partial charge in [-0.1, -0.05) is 76.7 Å². The van der Waals surface area contributed by atoms with Gasteiger partial charge in [0.25, 0.3) is 0 Å². The van der Waals surface area contributed by atoms with Gasteiger partial charge in [-0.05, 0) is 55.3 Å². The number of para-hydroxylation sites is 1. The van der Waals surface area contributed by atoms with Gasteiger partial charge >= 0.3 is 0 Å². The molecule has 0 saturated carbocycles. The van der Waals surface area contributed by atoms with Crippen molar-refractivity contribution < 1.29 is 3.89 Å². The monoisotopic (exact) mass is 552 g/mol. The van der Waals surface area contributed by atoms with Crippen molar-refractivity contribution >= 4 is 29.5 Å². The normalized spacial score (nSPS) is 12.4. The minimum atomic E-state index is -0.0598. The summed E-state index contributed by atoms with van der Waals surface area (Å²) in [5.74, 6) is 1.52. The number of rotatable bonds is 7. The molecule has 1 aromatic heterocycles. The van der Waals surface area contributed by atoms with Crippen molar-refractivity contribution in [2.24, 2.45) is 5.73 Å². The number of fused-ring (bicyclic) bond motifs is 1. The van der Waals surface area contributed by atoms with Crippen LogP contribution in [0.1, 0.15) is 56.0 Å². The van der Waals surface area contributed by atoms with Crippen LogP contribution in [0.3, 0.4) is 0 Å². The van der Waals surface area contributed by atoms with E-state index in [-0.39, 0.29) is 18.2 Å². The lowest BCUT2D eigenvalue weighted by Gasteiger charge is -2.27. The zero-order valence-corrected chi connectivity index (χ0v) is 25.2. The van der Waals surface area contributed by atoms with Crippen molar-refractivity contribution in [3.63, 3.8) is 0 Å². The first kappa shape index (κ1) is 35.2. The smallest absolute Gasteiger partial charge is 0.148 e. The zero-order valence-electron chi connectivity index (χ0n) is 24.4. The van der Waals surface area contributed by atoms with Gasteiger partial charge in [0.1, 0.15) is 16.5 Å². The van der Waals surface area contributed by atoms with E-state index in [1.165, 1.54) is 28.6 Å². The van der Waals surface area contributed by atoms with Crippen LogP contribution in [-0.2, 0) is 0 Å². The fraction of sp³-hybridized carbons (Fsp3) is 0.323. The number of nitrogens with one attached hydrogen (secondary N) is 3. The van der Waals surface area contributed by atoms with Crippen molar-refractivity contribution in [2.45, 2.75) is 59.4 Å². The van der Waals surface area contributed by atoms with Gasteiger partial charge < -0.3 is 21.7 Å². The first-order valence-corrected chi connectivity index (χ1v) is 13.8. The number of halogens is 1. The highest BCUT2D eigenvalue weighted by molar-refractivity contribution is 7.94. The van der Waals surface area contributed by atoms with E-state index in [2.05, 4.69) is 103 Å². The van der Waals surface area contributed by atoms with Crippen molar-refractivity contribution in [1.82, 2.24) is 15.1 Å². The maximum absolute atomic E-state index is 13.4. The average molecular weight is 553 g/mol. The van der Waals surface area contributed by atoms with Crippen LogP contribution < -0.4 is 21.7 Å². The van der Waals surface area contributed by atoms with Crippen LogP contribution in [-0.4, -0.2) is 22.9 Å². The molecule has 0 bridgehead atoms. The minimum Gasteiger partial charge on any atom is -0.405 e. The second-order valence-corrected chi connectivity index (χ2v) is 8.33. The van der Waals surface area contributed by atoms with Crippen molar-refractivity contribution in [1.29, 1.82) is 0 Å². The Hall–Kier alpha value is -3.83. The predicted molar refractivity (Wildman–Crippen MR) is 170 cm³/mol. The first-order chi connectivity index (χ1) is 19.0. The van der Waals surface area contributed by atoms with Gasteiger partial charge in [0, 0.05) is 18.8 Å². The summed E-state index contributed by atoms with van der Waals surface area (Å²) in [6.45, 7) is 18.9. The molecule has 0 fully saturated rings. The number of terminal acetylenes is 1. The van der Waals surface area contributed by atoms with Crippen LogP contribution in [0.4, 0.5) is 15.4 Å². The summed E-state index contributed by atoms with van der Waals surface area (Å²) in [5.41, 5.74) is 10.6. The third kappa shape index (κ3) is 10.1. The summed E-state index contributed by atoms with van der Waals surface area (Å²) in [7, 11) is 0. The van der Waals surface area contributed by atoms with Gasteiger partial charge in [-0.15, -0.1) is 12.8 Å². The molecule has 4 rings (SSSR count). The Bertz CT molecular complexity index is 1150. The Labute approximate surface area is 239 Å². The molecular formula is C31H45FN6S. The van der Waals surface area contributed by atoms with Gasteiger partial charge in [-0.2, -0.15) is 8.98 Å². The Morgan fingerprint density at radius 1 is 1.00 bits per heavy atom. The van der Waals surface area contributed by atoms with E-state index in [9.17, 15) is 3.89 Å². The molecule has 0 spiro atoms. The highest BCUT2D eigenvalue weighted by atomic mass is 32.2. The number of aromatic nitrogens is 2. The molecular weight excluding hydrogens is 507 g/mol. The fourth-order valence-corrected chi connectivity index (χ4v) is 4.14. The minimum absolute atomic E-state index is 0.0598. The van der Waals surface area contributed by atoms with Gasteiger partial charge in [0.05, 0.1) is 24.4 Å². The molecule has 1 unspecified atom stereocenters. The summed E-state index contributed by atoms with van der Waals surface area (Å²) in [5, 5.41) is 14.8. The van der Waals surface area contributed by atoms with E-state index in [0.717, 1.165) is 17.9 Å². The Kier molecular flexibility index (Phi) is 18.2. The molecule has 0 saturated heterocycles. The summed E-state index contributed by atoms with van der Waals surface area (Å²) < 4.78 is 15.2. The molecule has 1 aliphatic heterocycles. The van der Waals surface area contributed by atoms with Crippen LogP contribution in [0.15, 0.2) is 72.4 Å². The molecule has 1 atom stereocenters. The quantitative estimate of drug-likeness (QED) is 0.177. The second kappa shape index (κ2) is 20.2. The molecule has 0 amide bonds. The lowest BCUT2D eigenvalue weighted by atomic mass is 10.00. The van der Waals surface area contributed by atoms with E-state index >= 15 is 0 Å². The van der Waals surface area contributed by atoms with Crippen LogP contribution in [0.5, 0.6) is 0 Å². The first-order valence-electron chi connectivity index (χ1n) is 13.1. The molecule has 2 heterocycles. The number of nitrogens with zero attached hydrogens (tertiary/aromatic N) is 2. The van der Waals surface area contributed by atoms with Gasteiger partial charge in [-0.3, -0.25) is 0 Å². The third-order valence-electron chi connectivity index (χ3n) is 5.40. The van der Waals surface area contributed by atoms with Crippen molar-refractivity contribution in [2.75, 3.05) is 23.7 Å². The van der Waals surface area contributed by atoms with Crippen LogP contribution >= 0.6 is 12.1 Å². The summed E-state index contributed by atoms with van der Waals surface area (Å²) in [4.78, 5) is 0.481. The molecule has 5 N–H and O–H groups in total. The molecule has 1 aliphatic rings. The molecule has 2 aromatic carbocycles. The Balaban J connectivity index is 0.00000145. The lowest BCUT2D eigenvalue weighted by molar-refractivity contribution is 0.742. The number of anilines is 2. The summed E-state index contributed by atoms with van der Waals surface area (Å²) in [6.07, 6.45) is 12.9. The largest absolute Gasteiger partial charge is 0.405 e. The molecule has 0 aliphatic carbocycles. The molecule has 6 nitrogen and oxygen atoms in total. The standard InChI is InChI=1S/C23H26FN5S.C2H5N.2C2H6.C2H2/c1-15-7-4-5-10-18(15)19-13-21(29-23(28-19)20(30-24)14-27-29)25-11-12-26-22-16(2)8-6-9-17(22)3;1-2-3;3*1-2/h4-10,13-14,19,25-26,28H,11-12H2,1-3H3;2H,1,3H2;2*1-2H3;1-2H. The highest BCUT2D eigenvalue weighted by Crippen LogP contribution is 2.36. The number of benzene rings is 2. The van der Waals surface area contributed by atoms with E-state index in [1.54, 1.807) is 10.9 Å². The number of aryl methyl sites for hydroxylation is 3. The molecule has 0 radical (unpaired) electrons. The van der Waals surface area contributed by atoms with Gasteiger partial charge in [0.2, 0.25) is 0 Å². The predicted octanol–water partition coefficient (Wildman–Crippen LogP) is 7.84. The summed E-state index contributed by atoms with van der Waals surface area (Å²) in [6, 6.07) is 14.5. The van der Waals surface area contributed by atoms with Gasteiger partial charge in [-0.25, -0.2) is 4.68 Å². The van der Waals surface area contributed by atoms with E-state index in [1.807, 2.05) is 39.8 Å². The van der Waals surface area contributed by atoms with E-state index in [0.29, 0.717) is 17.3 Å². The lowest BCUT2D eigenvalue weighted by Crippen LogP contribution is -2.29. The number of hydrogen-bond acceptors (Lipinski definition) is 6. The maximum atomic E-state index is 13.4. The Morgan fingerprint density at radius 3 is 2.10 bits per heavy atom. The SMILES string of the molecule is C#C.C=CN.CC.CC.Cc1ccccc1C1C=C(NCCNc2c(C)cccc2C)n2ncc(SF)c2N1. The molecule has 39 heavy (non-hydrogen) atoms. The van der Waals surface area contributed by atoms with Crippen LogP contribution in [0.25, 0.3) is 5.82 Å². The zero-order chi connectivity index (χ0) is 29.8. The maximum Gasteiger partial charge on any atom is 0.148 e. The molecule has 212 valence electrons. The Morgan fingerprint density at radius 2 is 1.54 bits per heavy atom. The molecule has 8 heteroatoms. The topological polar surface area (TPSA) is 79.9 Å². The van der Waals surface area contributed by atoms with Crippen molar-refractivity contribution in [3.8, 4) is 12.8 Å². The van der Waals surface area contributed by atoms with Crippen LogP contribution in [0.2, 0.25) is 0 Å². The van der Waals surface area contributed by atoms with Gasteiger partial charge in [0.15, 0.2) is 0 Å².